The molecule has 0 unspecified atom stereocenters. The van der Waals surface area contributed by atoms with E-state index in [1.54, 1.807) is 41.2 Å². The van der Waals surface area contributed by atoms with E-state index in [1.165, 1.54) is 0 Å². The van der Waals surface area contributed by atoms with E-state index in [0.717, 1.165) is 16.9 Å². The molecule has 0 atom stereocenters. The lowest BCUT2D eigenvalue weighted by atomic mass is 10.1. The molecule has 3 rings (SSSR count). The first-order valence-corrected chi connectivity index (χ1v) is 8.85. The Morgan fingerprint density at radius 3 is 2.59 bits per heavy atom. The molecule has 27 heavy (non-hydrogen) atoms. The zero-order chi connectivity index (χ0) is 19.6. The molecular weight excluding hydrogens is 389 g/mol. The van der Waals surface area contributed by atoms with E-state index in [4.69, 9.17) is 23.2 Å². The molecule has 3 N–H and O–H groups in total. The second-order valence-electron chi connectivity index (χ2n) is 5.92. The lowest BCUT2D eigenvalue weighted by molar-refractivity contribution is -0.121. The molecule has 0 aliphatic rings. The first-order chi connectivity index (χ1) is 12.9. The second kappa shape index (κ2) is 7.85. The summed E-state index contributed by atoms with van der Waals surface area (Å²) in [7, 11) is 0. The fourth-order valence-corrected chi connectivity index (χ4v) is 2.96. The van der Waals surface area contributed by atoms with Crippen LogP contribution in [0.1, 0.15) is 27.4 Å². The molecule has 9 heteroatoms. The molecule has 0 radical (unpaired) electrons. The van der Waals surface area contributed by atoms with Crippen LogP contribution in [0.3, 0.4) is 0 Å². The van der Waals surface area contributed by atoms with Crippen LogP contribution < -0.4 is 10.9 Å². The number of benzene rings is 1. The number of hydrogen-bond acceptors (Lipinski definition) is 3. The SMILES string of the molecule is Cc1nn(-c2ccc(Cl)c(Cl)c2)c(C)c1CC(=O)NNC(=O)c1ccc[nH]1. The highest BCUT2D eigenvalue weighted by Gasteiger charge is 2.17. The molecule has 2 heterocycles. The molecule has 0 bridgehead atoms. The number of nitrogens with one attached hydrogen (secondary N) is 3. The zero-order valence-electron chi connectivity index (χ0n) is 14.6. The average molecular weight is 406 g/mol. The van der Waals surface area contributed by atoms with Gasteiger partial charge in [-0.05, 0) is 44.2 Å². The summed E-state index contributed by atoms with van der Waals surface area (Å²) in [5.41, 5.74) is 8.16. The van der Waals surface area contributed by atoms with Crippen LogP contribution in [0, 0.1) is 13.8 Å². The summed E-state index contributed by atoms with van der Waals surface area (Å²) in [5, 5.41) is 5.36. The molecule has 0 aliphatic heterocycles. The maximum atomic E-state index is 12.2. The molecule has 3 aromatic rings. The Balaban J connectivity index is 1.71. The van der Waals surface area contributed by atoms with Gasteiger partial charge in [0.2, 0.25) is 5.91 Å². The van der Waals surface area contributed by atoms with Crippen LogP contribution in [-0.2, 0) is 11.2 Å². The number of H-pyrrole nitrogens is 1. The molecule has 0 aliphatic carbocycles. The Bertz CT molecular complexity index is 996. The van der Waals surface area contributed by atoms with Crippen LogP contribution in [0.4, 0.5) is 0 Å². The van der Waals surface area contributed by atoms with E-state index in [1.807, 2.05) is 13.8 Å². The summed E-state index contributed by atoms with van der Waals surface area (Å²) in [6, 6.07) is 8.51. The Labute approximate surface area is 165 Å². The Morgan fingerprint density at radius 2 is 1.93 bits per heavy atom. The highest BCUT2D eigenvalue weighted by Crippen LogP contribution is 2.26. The van der Waals surface area contributed by atoms with E-state index in [9.17, 15) is 9.59 Å². The smallest absolute Gasteiger partial charge is 0.286 e. The molecule has 0 saturated heterocycles. The van der Waals surface area contributed by atoms with Gasteiger partial charge < -0.3 is 4.98 Å². The van der Waals surface area contributed by atoms with Crippen molar-refractivity contribution in [3.63, 3.8) is 0 Å². The van der Waals surface area contributed by atoms with Gasteiger partial charge in [-0.25, -0.2) is 4.68 Å². The van der Waals surface area contributed by atoms with Gasteiger partial charge in [-0.15, -0.1) is 0 Å². The van der Waals surface area contributed by atoms with Gasteiger partial charge in [0.05, 0.1) is 27.8 Å². The van der Waals surface area contributed by atoms with Gasteiger partial charge in [0.1, 0.15) is 5.69 Å². The molecule has 0 spiro atoms. The van der Waals surface area contributed by atoms with Crippen molar-refractivity contribution in [2.24, 2.45) is 0 Å². The van der Waals surface area contributed by atoms with Gasteiger partial charge in [0, 0.05) is 17.5 Å². The summed E-state index contributed by atoms with van der Waals surface area (Å²) < 4.78 is 1.71. The van der Waals surface area contributed by atoms with E-state index in [2.05, 4.69) is 20.9 Å². The molecule has 2 amide bonds. The van der Waals surface area contributed by atoms with Crippen molar-refractivity contribution >= 4 is 35.0 Å². The molecule has 2 aromatic heterocycles. The van der Waals surface area contributed by atoms with E-state index >= 15 is 0 Å². The number of aromatic nitrogens is 3. The Kier molecular flexibility index (Phi) is 5.53. The van der Waals surface area contributed by atoms with Gasteiger partial charge in [-0.1, -0.05) is 23.2 Å². The van der Waals surface area contributed by atoms with Crippen molar-refractivity contribution in [2.45, 2.75) is 20.3 Å². The standard InChI is InChI=1S/C18H17Cl2N5O2/c1-10-13(9-17(26)22-23-18(27)16-4-3-7-21-16)11(2)25(24-10)12-5-6-14(19)15(20)8-12/h3-8,21H,9H2,1-2H3,(H,22,26)(H,23,27). The number of aryl methyl sites for hydroxylation is 1. The van der Waals surface area contributed by atoms with Crippen molar-refractivity contribution in [1.82, 2.24) is 25.6 Å². The average Bonchev–Trinajstić information content (AvgIpc) is 3.26. The van der Waals surface area contributed by atoms with Crippen molar-refractivity contribution < 1.29 is 9.59 Å². The molecule has 0 fully saturated rings. The number of carbonyl (C=O) groups is 2. The first-order valence-electron chi connectivity index (χ1n) is 8.10. The Hall–Kier alpha value is -2.77. The van der Waals surface area contributed by atoms with E-state index < -0.39 is 5.91 Å². The van der Waals surface area contributed by atoms with Gasteiger partial charge in [-0.2, -0.15) is 5.10 Å². The van der Waals surface area contributed by atoms with Crippen molar-refractivity contribution in [3.8, 4) is 5.69 Å². The molecular formula is C18H17Cl2N5O2. The summed E-state index contributed by atoms with van der Waals surface area (Å²) >= 11 is 12.0. The van der Waals surface area contributed by atoms with E-state index in [-0.39, 0.29) is 12.3 Å². The normalized spacial score (nSPS) is 10.7. The lowest BCUT2D eigenvalue weighted by Crippen LogP contribution is -2.42. The highest BCUT2D eigenvalue weighted by atomic mass is 35.5. The van der Waals surface area contributed by atoms with Gasteiger partial charge >= 0.3 is 0 Å². The van der Waals surface area contributed by atoms with Crippen LogP contribution in [0.25, 0.3) is 5.69 Å². The maximum Gasteiger partial charge on any atom is 0.286 e. The molecule has 7 nitrogen and oxygen atoms in total. The summed E-state index contributed by atoms with van der Waals surface area (Å²) in [5.74, 6) is -0.775. The van der Waals surface area contributed by atoms with E-state index in [0.29, 0.717) is 21.4 Å². The van der Waals surface area contributed by atoms with Gasteiger partial charge in [0.25, 0.3) is 5.91 Å². The first kappa shape index (κ1) is 19.0. The number of hydrogen-bond donors (Lipinski definition) is 3. The summed E-state index contributed by atoms with van der Waals surface area (Å²) in [4.78, 5) is 26.8. The quantitative estimate of drug-likeness (QED) is 0.582. The molecule has 1 aromatic carbocycles. The number of hydrazine groups is 1. The van der Waals surface area contributed by atoms with Crippen molar-refractivity contribution in [3.05, 3.63) is 69.2 Å². The molecule has 140 valence electrons. The van der Waals surface area contributed by atoms with Crippen LogP contribution in [0.2, 0.25) is 10.0 Å². The summed E-state index contributed by atoms with van der Waals surface area (Å²) in [6.07, 6.45) is 1.70. The van der Waals surface area contributed by atoms with Gasteiger partial charge in [-0.3, -0.25) is 20.4 Å². The predicted molar refractivity (Wildman–Crippen MR) is 103 cm³/mol. The largest absolute Gasteiger partial charge is 0.357 e. The second-order valence-corrected chi connectivity index (χ2v) is 6.74. The number of nitrogens with zero attached hydrogens (tertiary/aromatic N) is 2. The minimum Gasteiger partial charge on any atom is -0.357 e. The number of aromatic amines is 1. The lowest BCUT2D eigenvalue weighted by Gasteiger charge is -2.08. The fourth-order valence-electron chi connectivity index (χ4n) is 2.67. The molecule has 0 saturated carbocycles. The number of halogens is 2. The minimum absolute atomic E-state index is 0.0734. The van der Waals surface area contributed by atoms with Crippen LogP contribution in [-0.4, -0.2) is 26.6 Å². The monoisotopic (exact) mass is 405 g/mol. The predicted octanol–water partition coefficient (Wildman–Crippen LogP) is 3.13. The number of rotatable bonds is 4. The van der Waals surface area contributed by atoms with Crippen LogP contribution >= 0.6 is 23.2 Å². The van der Waals surface area contributed by atoms with Gasteiger partial charge in [0.15, 0.2) is 0 Å². The van der Waals surface area contributed by atoms with Crippen LogP contribution in [0.5, 0.6) is 0 Å². The third kappa shape index (κ3) is 4.15. The summed E-state index contributed by atoms with van der Waals surface area (Å²) in [6.45, 7) is 3.68. The topological polar surface area (TPSA) is 91.8 Å². The zero-order valence-corrected chi connectivity index (χ0v) is 16.1. The minimum atomic E-state index is -0.423. The van der Waals surface area contributed by atoms with Crippen molar-refractivity contribution in [1.29, 1.82) is 0 Å². The van der Waals surface area contributed by atoms with Crippen LogP contribution in [0.15, 0.2) is 36.5 Å². The van der Waals surface area contributed by atoms with Crippen molar-refractivity contribution in [2.75, 3.05) is 0 Å². The Morgan fingerprint density at radius 1 is 1.15 bits per heavy atom. The number of amides is 2. The fraction of sp³-hybridized carbons (Fsp3) is 0.167. The highest BCUT2D eigenvalue weighted by molar-refractivity contribution is 6.42. The third-order valence-electron chi connectivity index (χ3n) is 4.08. The number of carbonyl (C=O) groups excluding carboxylic acids is 2. The maximum absolute atomic E-state index is 12.2. The third-order valence-corrected chi connectivity index (χ3v) is 4.82.